The van der Waals surface area contributed by atoms with Crippen molar-refractivity contribution in [2.24, 2.45) is 0 Å². The Hall–Kier alpha value is -1.10. The van der Waals surface area contributed by atoms with Crippen LogP contribution in [0, 0.1) is 0 Å². The van der Waals surface area contributed by atoms with Gasteiger partial charge in [0.2, 0.25) is 0 Å². The van der Waals surface area contributed by atoms with Gasteiger partial charge < -0.3 is 10.3 Å². The highest BCUT2D eigenvalue weighted by Crippen LogP contribution is 2.20. The van der Waals surface area contributed by atoms with Crippen molar-refractivity contribution in [1.82, 2.24) is 10.3 Å². The Kier molecular flexibility index (Phi) is 4.01. The number of hydrogen-bond acceptors (Lipinski definition) is 2. The molecule has 0 atom stereocenters. The molecule has 4 heteroatoms. The van der Waals surface area contributed by atoms with E-state index >= 15 is 0 Å². The van der Waals surface area contributed by atoms with E-state index in [4.69, 9.17) is 0 Å². The maximum Gasteiger partial charge on any atom is 0.0456 e. The van der Waals surface area contributed by atoms with Crippen LogP contribution in [0.3, 0.4) is 0 Å². The van der Waals surface area contributed by atoms with Crippen LogP contribution in [0.4, 0.5) is 0 Å². The predicted octanol–water partition coefficient (Wildman–Crippen LogP) is 4.32. The van der Waals surface area contributed by atoms with Crippen molar-refractivity contribution in [2.75, 3.05) is 6.54 Å². The average Bonchev–Trinajstić information content (AvgIpc) is 3.02. The van der Waals surface area contributed by atoms with Gasteiger partial charge in [0.15, 0.2) is 0 Å². The summed E-state index contributed by atoms with van der Waals surface area (Å²) in [7, 11) is 0. The molecular formula is C15H15BrN2S. The Labute approximate surface area is 125 Å². The summed E-state index contributed by atoms with van der Waals surface area (Å²) in [5.41, 5.74) is 2.61. The summed E-state index contributed by atoms with van der Waals surface area (Å²) in [6, 6.07) is 10.6. The lowest BCUT2D eigenvalue weighted by atomic mass is 10.1. The van der Waals surface area contributed by atoms with Crippen LogP contribution in [0.1, 0.15) is 10.4 Å². The van der Waals surface area contributed by atoms with Crippen LogP contribution in [0.15, 0.2) is 46.4 Å². The third-order valence-corrected chi connectivity index (χ3v) is 4.86. The van der Waals surface area contributed by atoms with Crippen molar-refractivity contribution in [2.45, 2.75) is 13.0 Å². The number of halogens is 1. The van der Waals surface area contributed by atoms with Gasteiger partial charge >= 0.3 is 0 Å². The number of rotatable bonds is 5. The van der Waals surface area contributed by atoms with Crippen molar-refractivity contribution in [3.63, 3.8) is 0 Å². The van der Waals surface area contributed by atoms with Crippen molar-refractivity contribution in [1.29, 1.82) is 0 Å². The lowest BCUT2D eigenvalue weighted by Gasteiger charge is -2.02. The first-order chi connectivity index (χ1) is 9.33. The number of para-hydroxylation sites is 1. The maximum atomic E-state index is 3.49. The molecule has 2 N–H and O–H groups in total. The summed E-state index contributed by atoms with van der Waals surface area (Å²) in [6.07, 6.45) is 3.17. The highest BCUT2D eigenvalue weighted by molar-refractivity contribution is 9.10. The number of hydrogen-bond donors (Lipinski definition) is 2. The number of H-pyrrole nitrogens is 1. The summed E-state index contributed by atoms with van der Waals surface area (Å²) in [4.78, 5) is 4.68. The van der Waals surface area contributed by atoms with E-state index in [1.54, 1.807) is 11.3 Å². The fraction of sp³-hybridized carbons (Fsp3) is 0.200. The number of thiophene rings is 1. The van der Waals surface area contributed by atoms with Gasteiger partial charge in [0, 0.05) is 38.4 Å². The summed E-state index contributed by atoms with van der Waals surface area (Å²) in [5, 5.41) is 6.95. The van der Waals surface area contributed by atoms with Gasteiger partial charge in [-0.3, -0.25) is 0 Å². The number of fused-ring (bicyclic) bond motifs is 1. The second kappa shape index (κ2) is 5.90. The fourth-order valence-corrected chi connectivity index (χ4v) is 3.64. The molecule has 3 rings (SSSR count). The Morgan fingerprint density at radius 2 is 2.16 bits per heavy atom. The molecule has 0 amide bonds. The number of benzene rings is 1. The SMILES string of the molecule is Brc1csc(CNCCc2c[nH]c3ccccc23)c1. The molecule has 0 aliphatic rings. The second-order valence-corrected chi connectivity index (χ2v) is 6.43. The van der Waals surface area contributed by atoms with Gasteiger partial charge in [0.05, 0.1) is 0 Å². The third kappa shape index (κ3) is 3.08. The first kappa shape index (κ1) is 12.9. The molecule has 2 heterocycles. The van der Waals surface area contributed by atoms with Gasteiger partial charge in [-0.2, -0.15) is 0 Å². The van der Waals surface area contributed by atoms with E-state index in [9.17, 15) is 0 Å². The largest absolute Gasteiger partial charge is 0.361 e. The molecule has 0 bridgehead atoms. The van der Waals surface area contributed by atoms with Crippen molar-refractivity contribution >= 4 is 38.2 Å². The van der Waals surface area contributed by atoms with E-state index in [0.29, 0.717) is 0 Å². The number of aromatic amines is 1. The molecular weight excluding hydrogens is 320 g/mol. The van der Waals surface area contributed by atoms with Gasteiger partial charge in [-0.15, -0.1) is 11.3 Å². The van der Waals surface area contributed by atoms with Crippen LogP contribution >= 0.6 is 27.3 Å². The van der Waals surface area contributed by atoms with Gasteiger partial charge in [0.1, 0.15) is 0 Å². The molecule has 98 valence electrons. The topological polar surface area (TPSA) is 27.8 Å². The Balaban J connectivity index is 1.55. The molecule has 0 fully saturated rings. The summed E-state index contributed by atoms with van der Waals surface area (Å²) >= 11 is 5.26. The van der Waals surface area contributed by atoms with Crippen LogP contribution in [0.25, 0.3) is 10.9 Å². The quantitative estimate of drug-likeness (QED) is 0.668. The minimum atomic E-state index is 0.943. The Morgan fingerprint density at radius 1 is 1.26 bits per heavy atom. The summed E-state index contributed by atoms with van der Waals surface area (Å²) in [5.74, 6) is 0. The highest BCUT2D eigenvalue weighted by Gasteiger charge is 2.02. The van der Waals surface area contributed by atoms with Gasteiger partial charge in [-0.25, -0.2) is 0 Å². The number of nitrogens with one attached hydrogen (secondary N) is 2. The molecule has 0 radical (unpaired) electrons. The highest BCUT2D eigenvalue weighted by atomic mass is 79.9. The minimum Gasteiger partial charge on any atom is -0.361 e. The lowest BCUT2D eigenvalue weighted by molar-refractivity contribution is 0.695. The van der Waals surface area contributed by atoms with Crippen LogP contribution in [-0.4, -0.2) is 11.5 Å². The minimum absolute atomic E-state index is 0.943. The van der Waals surface area contributed by atoms with E-state index in [2.05, 4.69) is 68.1 Å². The molecule has 0 saturated heterocycles. The van der Waals surface area contributed by atoms with Crippen molar-refractivity contribution < 1.29 is 0 Å². The molecule has 2 nitrogen and oxygen atoms in total. The van der Waals surface area contributed by atoms with E-state index in [0.717, 1.165) is 19.5 Å². The van der Waals surface area contributed by atoms with Crippen LogP contribution in [0.5, 0.6) is 0 Å². The lowest BCUT2D eigenvalue weighted by Crippen LogP contribution is -2.15. The number of aromatic nitrogens is 1. The fourth-order valence-electron chi connectivity index (χ4n) is 2.22. The van der Waals surface area contributed by atoms with Gasteiger partial charge in [-0.05, 0) is 46.6 Å². The zero-order chi connectivity index (χ0) is 13.1. The molecule has 0 saturated carbocycles. The molecule has 2 aromatic heterocycles. The van der Waals surface area contributed by atoms with E-state index in [1.807, 2.05) is 0 Å². The second-order valence-electron chi connectivity index (χ2n) is 4.52. The molecule has 19 heavy (non-hydrogen) atoms. The molecule has 0 unspecified atom stereocenters. The predicted molar refractivity (Wildman–Crippen MR) is 85.7 cm³/mol. The van der Waals surface area contributed by atoms with E-state index in [-0.39, 0.29) is 0 Å². The standard InChI is InChI=1S/C15H15BrN2S/c16-12-7-13(19-10-12)9-17-6-5-11-8-18-15-4-2-1-3-14(11)15/h1-4,7-8,10,17-18H,5-6,9H2. The Bertz CT molecular complexity index is 671. The Morgan fingerprint density at radius 3 is 3.00 bits per heavy atom. The van der Waals surface area contributed by atoms with Crippen LogP contribution < -0.4 is 5.32 Å². The molecule has 1 aromatic carbocycles. The van der Waals surface area contributed by atoms with E-state index < -0.39 is 0 Å². The maximum absolute atomic E-state index is 3.49. The molecule has 3 aromatic rings. The van der Waals surface area contributed by atoms with Crippen LogP contribution in [0.2, 0.25) is 0 Å². The molecule has 0 aliphatic carbocycles. The summed E-state index contributed by atoms with van der Waals surface area (Å²) in [6.45, 7) is 1.94. The van der Waals surface area contributed by atoms with Crippen molar-refractivity contribution in [3.05, 3.63) is 56.8 Å². The smallest absolute Gasteiger partial charge is 0.0456 e. The molecule has 0 spiro atoms. The molecule has 0 aliphatic heterocycles. The zero-order valence-electron chi connectivity index (χ0n) is 10.4. The first-order valence-corrected chi connectivity index (χ1v) is 7.99. The van der Waals surface area contributed by atoms with Crippen molar-refractivity contribution in [3.8, 4) is 0 Å². The van der Waals surface area contributed by atoms with Crippen LogP contribution in [-0.2, 0) is 13.0 Å². The first-order valence-electron chi connectivity index (χ1n) is 6.31. The summed E-state index contributed by atoms with van der Waals surface area (Å²) < 4.78 is 1.17. The van der Waals surface area contributed by atoms with Gasteiger partial charge in [-0.1, -0.05) is 18.2 Å². The van der Waals surface area contributed by atoms with Gasteiger partial charge in [0.25, 0.3) is 0 Å². The normalized spacial score (nSPS) is 11.2. The average molecular weight is 335 g/mol. The van der Waals surface area contributed by atoms with E-state index in [1.165, 1.54) is 25.8 Å². The zero-order valence-corrected chi connectivity index (χ0v) is 12.9. The monoisotopic (exact) mass is 334 g/mol. The third-order valence-electron chi connectivity index (χ3n) is 3.17.